The second-order valence-electron chi connectivity index (χ2n) is 5.71. The number of rotatable bonds is 7. The minimum absolute atomic E-state index is 0.0556. The molecule has 2 aromatic carbocycles. The number of furan rings is 1. The summed E-state index contributed by atoms with van der Waals surface area (Å²) in [4.78, 5) is 30.6. The maximum atomic E-state index is 13.3. The van der Waals surface area contributed by atoms with E-state index in [1.54, 1.807) is 0 Å². The van der Waals surface area contributed by atoms with Crippen LogP contribution >= 0.6 is 0 Å². The Bertz CT molecular complexity index is 1190. The predicted octanol–water partition coefficient (Wildman–Crippen LogP) is 4.26. The number of hydrazone groups is 1. The topological polar surface area (TPSA) is 167 Å². The summed E-state index contributed by atoms with van der Waals surface area (Å²) in [6, 6.07) is 8.84. The first kappa shape index (κ1) is 20.1. The van der Waals surface area contributed by atoms with E-state index < -0.39 is 37.6 Å². The molecule has 0 saturated carbocycles. The summed E-state index contributed by atoms with van der Waals surface area (Å²) in [5.41, 5.74) is 0.861. The second-order valence-corrected chi connectivity index (χ2v) is 5.71. The minimum Gasteiger partial charge on any atom is -0.455 e. The van der Waals surface area contributed by atoms with Crippen molar-refractivity contribution < 1.29 is 23.6 Å². The minimum atomic E-state index is -0.802. The van der Waals surface area contributed by atoms with Crippen molar-refractivity contribution in [3.63, 3.8) is 0 Å². The number of nitrogens with zero attached hydrogens (tertiary/aromatic N) is 4. The van der Waals surface area contributed by atoms with Gasteiger partial charge in [-0.05, 0) is 30.3 Å². The van der Waals surface area contributed by atoms with Crippen LogP contribution in [0.2, 0.25) is 0 Å². The van der Waals surface area contributed by atoms with Crippen molar-refractivity contribution in [2.75, 3.05) is 5.43 Å². The molecule has 1 N–H and O–H groups in total. The number of nitro benzene ring substituents is 3. The van der Waals surface area contributed by atoms with E-state index in [0.717, 1.165) is 36.5 Å². The van der Waals surface area contributed by atoms with Gasteiger partial charge in [-0.3, -0.25) is 35.8 Å². The van der Waals surface area contributed by atoms with Gasteiger partial charge in [0.1, 0.15) is 23.0 Å². The van der Waals surface area contributed by atoms with Crippen LogP contribution in [0.15, 0.2) is 58.0 Å². The van der Waals surface area contributed by atoms with Gasteiger partial charge < -0.3 is 4.42 Å². The summed E-state index contributed by atoms with van der Waals surface area (Å²) < 4.78 is 18.7. The zero-order valence-electron chi connectivity index (χ0n) is 14.7. The number of halogens is 1. The normalized spacial score (nSPS) is 10.8. The SMILES string of the molecule is O=[N+]([O-])c1ccc(N/N=C\c2ccc(-c3ccc(F)cc3[N+](=O)[O-])o2)c([N+](=O)[O-])c1. The lowest BCUT2D eigenvalue weighted by Gasteiger charge is -2.01. The highest BCUT2D eigenvalue weighted by atomic mass is 19.1. The number of nitro groups is 3. The van der Waals surface area contributed by atoms with Gasteiger partial charge in [-0.25, -0.2) is 4.39 Å². The van der Waals surface area contributed by atoms with Crippen LogP contribution in [0, 0.1) is 36.2 Å². The van der Waals surface area contributed by atoms with Gasteiger partial charge in [0, 0.05) is 6.07 Å². The number of non-ortho nitro benzene ring substituents is 1. The van der Waals surface area contributed by atoms with Gasteiger partial charge in [0.15, 0.2) is 0 Å². The van der Waals surface area contributed by atoms with Gasteiger partial charge in [-0.1, -0.05) is 0 Å². The molecular weight excluding hydrogens is 405 g/mol. The van der Waals surface area contributed by atoms with Crippen molar-refractivity contribution in [2.24, 2.45) is 5.10 Å². The lowest BCUT2D eigenvalue weighted by atomic mass is 10.1. The molecule has 0 fully saturated rings. The van der Waals surface area contributed by atoms with E-state index in [4.69, 9.17) is 4.42 Å². The van der Waals surface area contributed by atoms with Gasteiger partial charge >= 0.3 is 5.69 Å². The molecule has 0 saturated heterocycles. The van der Waals surface area contributed by atoms with Gasteiger partial charge in [-0.15, -0.1) is 0 Å². The Morgan fingerprint density at radius 1 is 0.900 bits per heavy atom. The number of hydrogen-bond acceptors (Lipinski definition) is 9. The summed E-state index contributed by atoms with van der Waals surface area (Å²) in [5, 5.41) is 36.7. The molecule has 0 aliphatic rings. The molecule has 12 nitrogen and oxygen atoms in total. The zero-order valence-corrected chi connectivity index (χ0v) is 14.7. The highest BCUT2D eigenvalue weighted by molar-refractivity contribution is 5.80. The van der Waals surface area contributed by atoms with Crippen molar-refractivity contribution in [3.8, 4) is 11.3 Å². The van der Waals surface area contributed by atoms with Crippen molar-refractivity contribution >= 4 is 29.0 Å². The summed E-state index contributed by atoms with van der Waals surface area (Å²) >= 11 is 0. The molecule has 13 heteroatoms. The average molecular weight is 415 g/mol. The highest BCUT2D eigenvalue weighted by Gasteiger charge is 2.20. The summed E-state index contributed by atoms with van der Waals surface area (Å²) in [6.07, 6.45) is 1.14. The van der Waals surface area contributed by atoms with Crippen molar-refractivity contribution in [3.05, 3.63) is 90.5 Å². The van der Waals surface area contributed by atoms with Crippen LogP contribution in [0.4, 0.5) is 27.1 Å². The maximum absolute atomic E-state index is 13.3. The molecule has 1 heterocycles. The van der Waals surface area contributed by atoms with E-state index in [-0.39, 0.29) is 22.8 Å². The van der Waals surface area contributed by atoms with Gasteiger partial charge in [-0.2, -0.15) is 5.10 Å². The third-order valence-corrected chi connectivity index (χ3v) is 3.81. The van der Waals surface area contributed by atoms with E-state index in [2.05, 4.69) is 10.5 Å². The Morgan fingerprint density at radius 3 is 2.30 bits per heavy atom. The third kappa shape index (κ3) is 4.24. The van der Waals surface area contributed by atoms with Crippen LogP contribution < -0.4 is 5.43 Å². The zero-order chi connectivity index (χ0) is 21.8. The smallest absolute Gasteiger partial charge is 0.301 e. The summed E-state index contributed by atoms with van der Waals surface area (Å²) in [5.74, 6) is -0.544. The average Bonchev–Trinajstić information content (AvgIpc) is 3.16. The Morgan fingerprint density at radius 2 is 1.63 bits per heavy atom. The maximum Gasteiger partial charge on any atom is 0.301 e. The Kier molecular flexibility index (Phi) is 5.44. The first-order chi connectivity index (χ1) is 14.3. The monoisotopic (exact) mass is 415 g/mol. The van der Waals surface area contributed by atoms with Gasteiger partial charge in [0.05, 0.1) is 38.7 Å². The Balaban J connectivity index is 1.82. The molecule has 3 rings (SSSR count). The molecule has 1 aromatic heterocycles. The van der Waals surface area contributed by atoms with Crippen LogP contribution in [0.1, 0.15) is 5.76 Å². The fraction of sp³-hybridized carbons (Fsp3) is 0. The molecule has 30 heavy (non-hydrogen) atoms. The largest absolute Gasteiger partial charge is 0.455 e. The van der Waals surface area contributed by atoms with Gasteiger partial charge in [0.2, 0.25) is 0 Å². The van der Waals surface area contributed by atoms with Gasteiger partial charge in [0.25, 0.3) is 11.4 Å². The van der Waals surface area contributed by atoms with E-state index in [1.807, 2.05) is 0 Å². The van der Waals surface area contributed by atoms with E-state index in [9.17, 15) is 34.7 Å². The second kappa shape index (κ2) is 8.14. The van der Waals surface area contributed by atoms with Crippen LogP contribution in [0.5, 0.6) is 0 Å². The standard InChI is InChI=1S/C17H10FN5O7/c18-10-1-4-13(15(7-10)22(26)27)17-6-3-12(30-17)9-19-20-14-5-2-11(21(24)25)8-16(14)23(28)29/h1-9,20H/b19-9-. The molecule has 0 amide bonds. The number of anilines is 1. The lowest BCUT2D eigenvalue weighted by Crippen LogP contribution is -1.98. The number of nitrogens with one attached hydrogen (secondary N) is 1. The molecule has 152 valence electrons. The third-order valence-electron chi connectivity index (χ3n) is 3.81. The lowest BCUT2D eigenvalue weighted by molar-refractivity contribution is -0.393. The van der Waals surface area contributed by atoms with Crippen LogP contribution in [-0.4, -0.2) is 21.0 Å². The highest BCUT2D eigenvalue weighted by Crippen LogP contribution is 2.32. The fourth-order valence-electron chi connectivity index (χ4n) is 2.48. The predicted molar refractivity (Wildman–Crippen MR) is 102 cm³/mol. The van der Waals surface area contributed by atoms with E-state index in [1.165, 1.54) is 18.2 Å². The molecule has 0 bridgehead atoms. The molecule has 0 atom stereocenters. The van der Waals surface area contributed by atoms with E-state index in [0.29, 0.717) is 0 Å². The van der Waals surface area contributed by atoms with E-state index >= 15 is 0 Å². The molecule has 0 unspecified atom stereocenters. The fourth-order valence-corrected chi connectivity index (χ4v) is 2.48. The molecule has 3 aromatic rings. The van der Waals surface area contributed by atoms with Crippen LogP contribution in [-0.2, 0) is 0 Å². The number of benzene rings is 2. The van der Waals surface area contributed by atoms with Crippen molar-refractivity contribution in [2.45, 2.75) is 0 Å². The quantitative estimate of drug-likeness (QED) is 0.339. The molecular formula is C17H10FN5O7. The molecule has 0 aliphatic carbocycles. The summed E-state index contributed by atoms with van der Waals surface area (Å²) in [7, 11) is 0. The Labute approximate surface area is 165 Å². The Hall–Kier alpha value is -4.68. The summed E-state index contributed by atoms with van der Waals surface area (Å²) in [6.45, 7) is 0. The molecule has 0 spiro atoms. The number of hydrogen-bond donors (Lipinski definition) is 1. The molecule has 0 radical (unpaired) electrons. The van der Waals surface area contributed by atoms with Crippen molar-refractivity contribution in [1.29, 1.82) is 0 Å². The van der Waals surface area contributed by atoms with Crippen LogP contribution in [0.25, 0.3) is 11.3 Å². The van der Waals surface area contributed by atoms with Crippen LogP contribution in [0.3, 0.4) is 0 Å². The van der Waals surface area contributed by atoms with Crippen molar-refractivity contribution in [1.82, 2.24) is 0 Å². The first-order valence-electron chi connectivity index (χ1n) is 8.02. The first-order valence-corrected chi connectivity index (χ1v) is 8.02. The molecule has 0 aliphatic heterocycles.